The van der Waals surface area contributed by atoms with Crippen LogP contribution in [-0.4, -0.2) is 47.5 Å². The van der Waals surface area contributed by atoms with E-state index in [0.717, 1.165) is 73.3 Å². The second-order valence-electron chi connectivity index (χ2n) is 9.49. The maximum atomic E-state index is 12.5. The molecule has 1 aliphatic carbocycles. The predicted octanol–water partition coefficient (Wildman–Crippen LogP) is 6.84. The second-order valence-corrected chi connectivity index (χ2v) is 9.49. The molecule has 4 nitrogen and oxygen atoms in total. The van der Waals surface area contributed by atoms with Gasteiger partial charge in [-0.3, -0.25) is 9.29 Å². The fourth-order valence-electron chi connectivity index (χ4n) is 5.31. The first-order valence-corrected chi connectivity index (χ1v) is 12.5. The van der Waals surface area contributed by atoms with Gasteiger partial charge in [0.2, 0.25) is 0 Å². The van der Waals surface area contributed by atoms with Gasteiger partial charge in [-0.1, -0.05) is 37.8 Å². The Labute approximate surface area is 213 Å². The van der Waals surface area contributed by atoms with E-state index in [1.54, 1.807) is 18.2 Å². The Bertz CT molecular complexity index is 1190. The first-order valence-electron chi connectivity index (χ1n) is 12.5. The van der Waals surface area contributed by atoms with Gasteiger partial charge < -0.3 is 14.9 Å². The molecule has 1 atom stereocenters. The zero-order chi connectivity index (χ0) is 24.2. The van der Waals surface area contributed by atoms with Crippen molar-refractivity contribution in [3.63, 3.8) is 0 Å². The van der Waals surface area contributed by atoms with Crippen molar-refractivity contribution in [1.82, 2.24) is 4.90 Å². The molecule has 0 amide bonds. The summed E-state index contributed by atoms with van der Waals surface area (Å²) in [6, 6.07) is 21.3. The number of likely N-dealkylation sites (tertiary alicyclic amines) is 1. The lowest BCUT2D eigenvalue weighted by Crippen LogP contribution is -2.26. The van der Waals surface area contributed by atoms with E-state index in [-0.39, 0.29) is 31.7 Å². The van der Waals surface area contributed by atoms with Crippen LogP contribution in [0, 0.1) is 0 Å². The number of hydrogen-bond donors (Lipinski definition) is 2. The molecule has 0 spiro atoms. The summed E-state index contributed by atoms with van der Waals surface area (Å²) < 4.78 is 18.7. The Morgan fingerprint density at radius 3 is 2.36 bits per heavy atom. The summed E-state index contributed by atoms with van der Waals surface area (Å²) in [5.41, 5.74) is 6.76. The molecule has 0 unspecified atom stereocenters. The van der Waals surface area contributed by atoms with Crippen molar-refractivity contribution in [1.29, 1.82) is 0 Å². The molecule has 1 fully saturated rings. The average molecular weight is 490 g/mol. The van der Waals surface area contributed by atoms with Crippen LogP contribution >= 0.6 is 0 Å². The van der Waals surface area contributed by atoms with Gasteiger partial charge in [0.25, 0.3) is 0 Å². The summed E-state index contributed by atoms with van der Waals surface area (Å²) in [6.07, 6.45) is 4.53. The minimum absolute atomic E-state index is 0. The third-order valence-electron chi connectivity index (χ3n) is 7.04. The van der Waals surface area contributed by atoms with Crippen molar-refractivity contribution in [3.05, 3.63) is 89.0 Å². The van der Waals surface area contributed by atoms with E-state index in [1.807, 2.05) is 36.4 Å². The maximum absolute atomic E-state index is 12.5. The number of alkyl halides is 1. The molecule has 5 heteroatoms. The Morgan fingerprint density at radius 2 is 1.61 bits per heavy atom. The molecule has 0 radical (unpaired) electrons. The van der Waals surface area contributed by atoms with E-state index in [4.69, 9.17) is 4.74 Å². The number of halogens is 1. The van der Waals surface area contributed by atoms with Gasteiger partial charge in [0.15, 0.2) is 0 Å². The van der Waals surface area contributed by atoms with Crippen LogP contribution in [0.3, 0.4) is 0 Å². The van der Waals surface area contributed by atoms with Crippen molar-refractivity contribution in [3.8, 4) is 17.2 Å². The molecular weight excluding hydrogens is 453 g/mol. The number of aryl methyl sites for hydroxylation is 1. The van der Waals surface area contributed by atoms with Crippen molar-refractivity contribution in [2.45, 2.75) is 45.6 Å². The van der Waals surface area contributed by atoms with Gasteiger partial charge >= 0.3 is 0 Å². The van der Waals surface area contributed by atoms with Crippen LogP contribution in [0.4, 0.5) is 4.39 Å². The number of hydrogen-bond acceptors (Lipinski definition) is 4. The Kier molecular flexibility index (Phi) is 8.32. The van der Waals surface area contributed by atoms with Crippen molar-refractivity contribution in [2.24, 2.45) is 0 Å². The van der Waals surface area contributed by atoms with Gasteiger partial charge in [-0.15, -0.1) is 0 Å². The minimum Gasteiger partial charge on any atom is -0.508 e. The van der Waals surface area contributed by atoms with Gasteiger partial charge in [0, 0.05) is 19.6 Å². The number of ether oxygens (including phenoxy) is 1. The van der Waals surface area contributed by atoms with Crippen LogP contribution in [0.2, 0.25) is 0 Å². The largest absolute Gasteiger partial charge is 0.508 e. The van der Waals surface area contributed by atoms with Crippen LogP contribution in [0.1, 0.15) is 55.4 Å². The highest BCUT2D eigenvalue weighted by Crippen LogP contribution is 2.41. The third-order valence-corrected chi connectivity index (χ3v) is 7.04. The summed E-state index contributed by atoms with van der Waals surface area (Å²) in [6.45, 7) is 2.30. The molecule has 3 aromatic rings. The maximum Gasteiger partial charge on any atom is 0.119 e. The molecule has 1 heterocycles. The number of fused-ring (bicyclic) bond motifs is 1. The highest BCUT2D eigenvalue weighted by Gasteiger charge is 2.24. The molecule has 0 aromatic heterocycles. The molecule has 3 aromatic carbocycles. The van der Waals surface area contributed by atoms with Crippen LogP contribution < -0.4 is 4.74 Å². The highest BCUT2D eigenvalue weighted by atomic mass is 19.1. The first kappa shape index (κ1) is 25.8. The summed E-state index contributed by atoms with van der Waals surface area (Å²) in [4.78, 5) is 2.27. The lowest BCUT2D eigenvalue weighted by molar-refractivity contribution is 0.198. The van der Waals surface area contributed by atoms with E-state index >= 15 is 0 Å². The van der Waals surface area contributed by atoms with Crippen molar-refractivity contribution in [2.75, 3.05) is 26.3 Å². The van der Waals surface area contributed by atoms with E-state index in [0.29, 0.717) is 6.42 Å². The molecule has 0 saturated carbocycles. The number of benzene rings is 3. The zero-order valence-corrected chi connectivity index (χ0v) is 19.9. The van der Waals surface area contributed by atoms with Gasteiger partial charge in [0.05, 0.1) is 6.67 Å². The average Bonchev–Trinajstić information content (AvgIpc) is 3.23. The molecule has 0 bridgehead atoms. The van der Waals surface area contributed by atoms with Crippen LogP contribution in [0.25, 0.3) is 11.1 Å². The fourth-order valence-corrected chi connectivity index (χ4v) is 5.31. The summed E-state index contributed by atoms with van der Waals surface area (Å²) in [7, 11) is 0. The van der Waals surface area contributed by atoms with Gasteiger partial charge in [-0.05, 0) is 102 Å². The summed E-state index contributed by atoms with van der Waals surface area (Å²) in [5, 5.41) is 20.1. The molecule has 1 aliphatic heterocycles. The van der Waals surface area contributed by atoms with Crippen LogP contribution in [0.5, 0.6) is 17.2 Å². The molecule has 5 rings (SSSR count). The molecule has 1 saturated heterocycles. The lowest BCUT2D eigenvalue weighted by Gasteiger charge is -2.19. The molecule has 2 aliphatic rings. The van der Waals surface area contributed by atoms with E-state index in [1.165, 1.54) is 11.1 Å². The number of phenols is 2. The monoisotopic (exact) mass is 489 g/mol. The van der Waals surface area contributed by atoms with E-state index < -0.39 is 0 Å². The van der Waals surface area contributed by atoms with Crippen LogP contribution in [-0.2, 0) is 6.42 Å². The Hall–Kier alpha value is -3.31. The van der Waals surface area contributed by atoms with Crippen molar-refractivity contribution < 1.29 is 19.3 Å². The van der Waals surface area contributed by atoms with E-state index in [2.05, 4.69) is 17.0 Å². The second kappa shape index (κ2) is 11.6. The quantitative estimate of drug-likeness (QED) is 0.381. The minimum atomic E-state index is -0.271. The van der Waals surface area contributed by atoms with Gasteiger partial charge in [-0.2, -0.15) is 0 Å². The Morgan fingerprint density at radius 1 is 0.889 bits per heavy atom. The highest BCUT2D eigenvalue weighted by molar-refractivity contribution is 6.00. The number of aromatic hydroxyl groups is 2. The third kappa shape index (κ3) is 5.73. The number of nitrogens with zero attached hydrogens (tertiary/aromatic N) is 1. The summed E-state index contributed by atoms with van der Waals surface area (Å²) >= 11 is 0. The molecule has 190 valence electrons. The molecular formula is C31H36FNO3. The fraction of sp³-hybridized carbons (Fsp3) is 0.355. The van der Waals surface area contributed by atoms with E-state index in [9.17, 15) is 14.6 Å². The predicted molar refractivity (Wildman–Crippen MR) is 144 cm³/mol. The van der Waals surface area contributed by atoms with Crippen molar-refractivity contribution >= 4 is 11.1 Å². The first-order chi connectivity index (χ1) is 17.1. The standard InChI is InChI=1S/C30H32FNO3.CH4/c31-16-2-17-32-18-15-27(20-32)35-26-13-8-23(9-14-26)30-28(22-5-10-24(33)11-6-22)4-1-3-21-7-12-25(34)19-29(21)30;/h5-14,19,27,33-34H,1-4,15-18,20H2;1H4/t27-;/m0./s1. The van der Waals surface area contributed by atoms with Gasteiger partial charge in [-0.25, -0.2) is 0 Å². The lowest BCUT2D eigenvalue weighted by atomic mass is 9.87. The van der Waals surface area contributed by atoms with Gasteiger partial charge in [0.1, 0.15) is 23.4 Å². The smallest absolute Gasteiger partial charge is 0.119 e. The molecule has 36 heavy (non-hydrogen) atoms. The number of rotatable bonds is 7. The summed E-state index contributed by atoms with van der Waals surface area (Å²) in [5.74, 6) is 1.34. The SMILES string of the molecule is C.Oc1ccc(C2=C(c3ccc(O[C@H]4CCN(CCCF)C4)cc3)c3cc(O)ccc3CCC2)cc1. The normalized spacial score (nSPS) is 17.9. The van der Waals surface area contributed by atoms with Crippen LogP contribution in [0.15, 0.2) is 66.7 Å². The number of allylic oxidation sites excluding steroid dienone is 1. The number of phenolic OH excluding ortho intramolecular Hbond substituents is 2. The zero-order valence-electron chi connectivity index (χ0n) is 19.9. The topological polar surface area (TPSA) is 52.9 Å². The Balaban J connectivity index is 0.00000304. The molecule has 2 N–H and O–H groups in total.